The fraction of sp³-hybridized carbons (Fsp3) is 0.500. The normalized spacial score (nSPS) is 18.2. The van der Waals surface area contributed by atoms with Gasteiger partial charge in [0.25, 0.3) is 0 Å². The Labute approximate surface area is 124 Å². The summed E-state index contributed by atoms with van der Waals surface area (Å²) in [5, 5.41) is 14.9. The van der Waals surface area contributed by atoms with Crippen LogP contribution in [-0.4, -0.2) is 30.1 Å². The van der Waals surface area contributed by atoms with E-state index in [9.17, 15) is 9.59 Å². The molecule has 0 aliphatic carbocycles. The molecule has 1 aliphatic rings. The molecule has 1 heterocycles. The highest BCUT2D eigenvalue weighted by molar-refractivity contribution is 5.80. The summed E-state index contributed by atoms with van der Waals surface area (Å²) in [4.78, 5) is 22.7. The van der Waals surface area contributed by atoms with Crippen LogP contribution < -0.4 is 10.6 Å². The molecule has 3 N–H and O–H groups in total. The van der Waals surface area contributed by atoms with Crippen LogP contribution in [0.15, 0.2) is 24.3 Å². The van der Waals surface area contributed by atoms with Crippen molar-refractivity contribution in [1.82, 2.24) is 5.32 Å². The van der Waals surface area contributed by atoms with Crippen LogP contribution in [0.5, 0.6) is 0 Å². The predicted octanol–water partition coefficient (Wildman–Crippen LogP) is 1.89. The summed E-state index contributed by atoms with van der Waals surface area (Å²) in [6.07, 6.45) is 1.48. The van der Waals surface area contributed by atoms with Crippen molar-refractivity contribution >= 4 is 17.6 Å². The van der Waals surface area contributed by atoms with Crippen LogP contribution in [-0.2, 0) is 16.0 Å². The van der Waals surface area contributed by atoms with Gasteiger partial charge in [-0.05, 0) is 30.4 Å². The van der Waals surface area contributed by atoms with E-state index >= 15 is 0 Å². The van der Waals surface area contributed by atoms with Gasteiger partial charge in [-0.1, -0.05) is 25.1 Å². The number of carbonyl (C=O) groups is 2. The molecule has 5 heteroatoms. The van der Waals surface area contributed by atoms with E-state index < -0.39 is 5.97 Å². The van der Waals surface area contributed by atoms with E-state index in [0.717, 1.165) is 12.1 Å². The molecule has 2 atom stereocenters. The van der Waals surface area contributed by atoms with Crippen LogP contribution in [0.4, 0.5) is 5.69 Å². The second-order valence-electron chi connectivity index (χ2n) is 5.72. The lowest BCUT2D eigenvalue weighted by molar-refractivity contribution is -0.137. The van der Waals surface area contributed by atoms with Crippen molar-refractivity contribution in [3.63, 3.8) is 0 Å². The summed E-state index contributed by atoms with van der Waals surface area (Å²) in [6, 6.07) is 8.03. The molecule has 1 amide bonds. The number of para-hydroxylation sites is 1. The second-order valence-corrected chi connectivity index (χ2v) is 5.72. The molecule has 21 heavy (non-hydrogen) atoms. The molecule has 0 fully saturated rings. The zero-order chi connectivity index (χ0) is 15.2. The number of carbonyl (C=O) groups excluding carboxylic acids is 1. The number of hydrogen-bond donors (Lipinski definition) is 3. The first-order valence-electron chi connectivity index (χ1n) is 7.37. The number of rotatable bonds is 6. The number of fused-ring (bicyclic) bond motifs is 1. The highest BCUT2D eigenvalue weighted by Crippen LogP contribution is 2.24. The van der Waals surface area contributed by atoms with Gasteiger partial charge in [0.15, 0.2) is 0 Å². The first-order valence-corrected chi connectivity index (χ1v) is 7.37. The van der Waals surface area contributed by atoms with Crippen molar-refractivity contribution in [2.45, 2.75) is 26.2 Å². The lowest BCUT2D eigenvalue weighted by Crippen LogP contribution is -2.39. The Morgan fingerprint density at radius 1 is 1.43 bits per heavy atom. The van der Waals surface area contributed by atoms with Gasteiger partial charge in [0.05, 0.1) is 5.92 Å². The van der Waals surface area contributed by atoms with Crippen molar-refractivity contribution in [1.29, 1.82) is 0 Å². The molecule has 114 valence electrons. The number of aliphatic carboxylic acids is 1. The molecule has 0 saturated carbocycles. The van der Waals surface area contributed by atoms with Gasteiger partial charge >= 0.3 is 5.97 Å². The maximum Gasteiger partial charge on any atom is 0.303 e. The van der Waals surface area contributed by atoms with Gasteiger partial charge in [0, 0.05) is 25.2 Å². The first kappa shape index (κ1) is 15.4. The molecular weight excluding hydrogens is 268 g/mol. The van der Waals surface area contributed by atoms with Crippen LogP contribution in [0, 0.1) is 11.8 Å². The minimum Gasteiger partial charge on any atom is -0.481 e. The highest BCUT2D eigenvalue weighted by atomic mass is 16.4. The van der Waals surface area contributed by atoms with Crippen molar-refractivity contribution in [3.8, 4) is 0 Å². The van der Waals surface area contributed by atoms with E-state index in [1.807, 2.05) is 31.2 Å². The summed E-state index contributed by atoms with van der Waals surface area (Å²) in [6.45, 7) is 3.13. The third kappa shape index (κ3) is 4.48. The van der Waals surface area contributed by atoms with Gasteiger partial charge in [-0.3, -0.25) is 9.59 Å². The highest BCUT2D eigenvalue weighted by Gasteiger charge is 2.24. The lowest BCUT2D eigenvalue weighted by atomic mass is 9.93. The minimum atomic E-state index is -0.790. The van der Waals surface area contributed by atoms with E-state index in [1.165, 1.54) is 5.56 Å². The topological polar surface area (TPSA) is 78.4 Å². The van der Waals surface area contributed by atoms with E-state index in [4.69, 9.17) is 5.11 Å². The summed E-state index contributed by atoms with van der Waals surface area (Å²) in [5.74, 6) is -0.638. The largest absolute Gasteiger partial charge is 0.481 e. The van der Waals surface area contributed by atoms with Crippen LogP contribution in [0.1, 0.15) is 25.3 Å². The van der Waals surface area contributed by atoms with Crippen LogP contribution >= 0.6 is 0 Å². The summed E-state index contributed by atoms with van der Waals surface area (Å²) < 4.78 is 0. The number of amides is 1. The van der Waals surface area contributed by atoms with Gasteiger partial charge in [-0.2, -0.15) is 0 Å². The lowest BCUT2D eigenvalue weighted by Gasteiger charge is -2.25. The van der Waals surface area contributed by atoms with Gasteiger partial charge in [0.2, 0.25) is 5.91 Å². The number of carboxylic acid groups (broad SMARTS) is 1. The zero-order valence-corrected chi connectivity index (χ0v) is 12.3. The van der Waals surface area contributed by atoms with Gasteiger partial charge in [-0.25, -0.2) is 0 Å². The van der Waals surface area contributed by atoms with E-state index in [2.05, 4.69) is 10.6 Å². The zero-order valence-electron chi connectivity index (χ0n) is 12.3. The number of hydrogen-bond acceptors (Lipinski definition) is 3. The fourth-order valence-electron chi connectivity index (χ4n) is 2.52. The minimum absolute atomic E-state index is 0.0409. The summed E-state index contributed by atoms with van der Waals surface area (Å²) in [5.41, 5.74) is 2.28. The molecule has 1 aromatic carbocycles. The number of nitrogens with one attached hydrogen (secondary N) is 2. The molecular formula is C16H22N2O3. The Balaban J connectivity index is 1.78. The Morgan fingerprint density at radius 3 is 2.95 bits per heavy atom. The van der Waals surface area contributed by atoms with Crippen molar-refractivity contribution in [3.05, 3.63) is 29.8 Å². The molecule has 1 aromatic rings. The Bertz CT molecular complexity index is 516. The Kier molecular flexibility index (Phi) is 5.20. The average molecular weight is 290 g/mol. The fourth-order valence-corrected chi connectivity index (χ4v) is 2.52. The monoisotopic (exact) mass is 290 g/mol. The molecule has 5 nitrogen and oxygen atoms in total. The maximum atomic E-state index is 12.2. The molecule has 0 saturated heterocycles. The quantitative estimate of drug-likeness (QED) is 0.747. The smallest absolute Gasteiger partial charge is 0.303 e. The summed E-state index contributed by atoms with van der Waals surface area (Å²) in [7, 11) is 0. The maximum absolute atomic E-state index is 12.2. The van der Waals surface area contributed by atoms with Crippen LogP contribution in [0.2, 0.25) is 0 Å². The van der Waals surface area contributed by atoms with E-state index in [-0.39, 0.29) is 24.2 Å². The molecule has 0 bridgehead atoms. The second kappa shape index (κ2) is 7.11. The molecule has 2 unspecified atom stereocenters. The van der Waals surface area contributed by atoms with Gasteiger partial charge in [-0.15, -0.1) is 0 Å². The first-order chi connectivity index (χ1) is 10.1. The average Bonchev–Trinajstić information content (AvgIpc) is 2.50. The van der Waals surface area contributed by atoms with Gasteiger partial charge in [0.1, 0.15) is 0 Å². The Hall–Kier alpha value is -2.04. The molecule has 2 rings (SSSR count). The van der Waals surface area contributed by atoms with E-state index in [0.29, 0.717) is 19.5 Å². The van der Waals surface area contributed by atoms with Gasteiger partial charge < -0.3 is 15.7 Å². The molecule has 0 spiro atoms. The number of anilines is 1. The van der Waals surface area contributed by atoms with Crippen molar-refractivity contribution < 1.29 is 14.7 Å². The van der Waals surface area contributed by atoms with Crippen molar-refractivity contribution in [2.24, 2.45) is 11.8 Å². The summed E-state index contributed by atoms with van der Waals surface area (Å²) >= 11 is 0. The van der Waals surface area contributed by atoms with Crippen LogP contribution in [0.25, 0.3) is 0 Å². The SMILES string of the molecule is CC(CCC(=O)O)CNC(=O)C1CNc2ccccc2C1. The Morgan fingerprint density at radius 2 is 2.19 bits per heavy atom. The molecule has 0 aromatic heterocycles. The number of carboxylic acids is 1. The molecule has 1 aliphatic heterocycles. The van der Waals surface area contributed by atoms with E-state index in [1.54, 1.807) is 0 Å². The molecule has 0 radical (unpaired) electrons. The van der Waals surface area contributed by atoms with Crippen molar-refractivity contribution in [2.75, 3.05) is 18.4 Å². The third-order valence-electron chi connectivity index (χ3n) is 3.87. The number of benzene rings is 1. The van der Waals surface area contributed by atoms with Crippen LogP contribution in [0.3, 0.4) is 0 Å². The predicted molar refractivity (Wildman–Crippen MR) is 81.2 cm³/mol. The third-order valence-corrected chi connectivity index (χ3v) is 3.87. The standard InChI is InChI=1S/C16H22N2O3/c1-11(6-7-15(19)20)9-18-16(21)13-8-12-4-2-3-5-14(12)17-10-13/h2-5,11,13,17H,6-10H2,1H3,(H,18,21)(H,19,20).